The number of thiophene rings is 1. The maximum atomic E-state index is 4.36. The normalized spacial score (nSPS) is 11.2. The SMILES string of the molecule is Cc1cnc(CNCc2csc3ccccc23)s1. The summed E-state index contributed by atoms with van der Waals surface area (Å²) >= 11 is 3.57. The van der Waals surface area contributed by atoms with Crippen LogP contribution in [0, 0.1) is 6.92 Å². The van der Waals surface area contributed by atoms with Gasteiger partial charge in [0.1, 0.15) is 5.01 Å². The molecule has 0 amide bonds. The molecule has 0 fully saturated rings. The van der Waals surface area contributed by atoms with E-state index < -0.39 is 0 Å². The van der Waals surface area contributed by atoms with E-state index in [-0.39, 0.29) is 0 Å². The molecule has 0 spiro atoms. The van der Waals surface area contributed by atoms with E-state index in [0.29, 0.717) is 0 Å². The van der Waals surface area contributed by atoms with Crippen LogP contribution in [0.25, 0.3) is 10.1 Å². The first-order valence-corrected chi connectivity index (χ1v) is 7.59. The second-order valence-electron chi connectivity index (χ2n) is 4.23. The maximum Gasteiger partial charge on any atom is 0.107 e. The summed E-state index contributed by atoms with van der Waals surface area (Å²) in [5.74, 6) is 0. The zero-order valence-corrected chi connectivity index (χ0v) is 11.8. The molecule has 0 aliphatic carbocycles. The lowest BCUT2D eigenvalue weighted by Crippen LogP contribution is -2.11. The predicted octanol–water partition coefficient (Wildman–Crippen LogP) is 3.96. The van der Waals surface area contributed by atoms with E-state index in [1.807, 2.05) is 17.5 Å². The molecule has 0 aliphatic rings. The summed E-state index contributed by atoms with van der Waals surface area (Å²) in [7, 11) is 0. The Bertz CT molecular complexity index is 654. The van der Waals surface area contributed by atoms with Crippen molar-refractivity contribution in [3.8, 4) is 0 Å². The minimum atomic E-state index is 0.850. The Balaban J connectivity index is 1.66. The molecule has 92 valence electrons. The molecule has 2 heterocycles. The number of fused-ring (bicyclic) bond motifs is 1. The number of hydrogen-bond acceptors (Lipinski definition) is 4. The summed E-state index contributed by atoms with van der Waals surface area (Å²) in [5.41, 5.74) is 1.38. The highest BCUT2D eigenvalue weighted by atomic mass is 32.1. The molecule has 2 nitrogen and oxygen atoms in total. The van der Waals surface area contributed by atoms with Gasteiger partial charge in [0.15, 0.2) is 0 Å². The number of nitrogens with zero attached hydrogens (tertiary/aromatic N) is 1. The molecular weight excluding hydrogens is 260 g/mol. The Hall–Kier alpha value is -1.23. The van der Waals surface area contributed by atoms with Crippen LogP contribution in [0.3, 0.4) is 0 Å². The van der Waals surface area contributed by atoms with E-state index in [0.717, 1.165) is 18.1 Å². The number of aryl methyl sites for hydroxylation is 1. The molecule has 3 rings (SSSR count). The predicted molar refractivity (Wildman–Crippen MR) is 79.2 cm³/mol. The van der Waals surface area contributed by atoms with Crippen molar-refractivity contribution in [1.82, 2.24) is 10.3 Å². The summed E-state index contributed by atoms with van der Waals surface area (Å²) in [6.45, 7) is 3.85. The van der Waals surface area contributed by atoms with Gasteiger partial charge < -0.3 is 5.32 Å². The Morgan fingerprint density at radius 2 is 2.11 bits per heavy atom. The highest BCUT2D eigenvalue weighted by molar-refractivity contribution is 7.17. The first kappa shape index (κ1) is 11.8. The number of rotatable bonds is 4. The molecule has 3 aromatic rings. The molecule has 0 saturated heterocycles. The molecule has 0 bridgehead atoms. The monoisotopic (exact) mass is 274 g/mol. The van der Waals surface area contributed by atoms with Gasteiger partial charge in [0.25, 0.3) is 0 Å². The third-order valence-corrected chi connectivity index (χ3v) is 4.75. The molecular formula is C14H14N2S2. The van der Waals surface area contributed by atoms with Gasteiger partial charge in [-0.1, -0.05) is 18.2 Å². The lowest BCUT2D eigenvalue weighted by atomic mass is 10.2. The van der Waals surface area contributed by atoms with Crippen molar-refractivity contribution in [3.05, 3.63) is 51.3 Å². The molecule has 0 atom stereocenters. The van der Waals surface area contributed by atoms with E-state index in [1.165, 1.54) is 20.5 Å². The van der Waals surface area contributed by atoms with Crippen molar-refractivity contribution < 1.29 is 0 Å². The van der Waals surface area contributed by atoms with Crippen molar-refractivity contribution in [2.75, 3.05) is 0 Å². The first-order valence-electron chi connectivity index (χ1n) is 5.90. The topological polar surface area (TPSA) is 24.9 Å². The van der Waals surface area contributed by atoms with Crippen LogP contribution in [0.1, 0.15) is 15.4 Å². The largest absolute Gasteiger partial charge is 0.306 e. The van der Waals surface area contributed by atoms with Gasteiger partial charge >= 0.3 is 0 Å². The van der Waals surface area contributed by atoms with E-state index in [2.05, 4.69) is 46.9 Å². The average molecular weight is 274 g/mol. The molecule has 0 saturated carbocycles. The smallest absolute Gasteiger partial charge is 0.107 e. The van der Waals surface area contributed by atoms with Crippen LogP contribution in [-0.2, 0) is 13.1 Å². The van der Waals surface area contributed by atoms with Gasteiger partial charge in [-0.3, -0.25) is 0 Å². The number of aromatic nitrogens is 1. The lowest BCUT2D eigenvalue weighted by molar-refractivity contribution is 0.694. The van der Waals surface area contributed by atoms with E-state index in [9.17, 15) is 0 Å². The van der Waals surface area contributed by atoms with Gasteiger partial charge in [0.2, 0.25) is 0 Å². The van der Waals surface area contributed by atoms with Crippen molar-refractivity contribution in [2.24, 2.45) is 0 Å². The van der Waals surface area contributed by atoms with Crippen LogP contribution in [0.2, 0.25) is 0 Å². The number of thiazole rings is 1. The van der Waals surface area contributed by atoms with Crippen LogP contribution in [-0.4, -0.2) is 4.98 Å². The molecule has 0 radical (unpaired) electrons. The third-order valence-electron chi connectivity index (χ3n) is 2.82. The number of hydrogen-bond donors (Lipinski definition) is 1. The van der Waals surface area contributed by atoms with E-state index in [4.69, 9.17) is 0 Å². The first-order chi connectivity index (χ1) is 8.83. The van der Waals surface area contributed by atoms with Crippen LogP contribution in [0.5, 0.6) is 0 Å². The molecule has 1 aromatic carbocycles. The second-order valence-corrected chi connectivity index (χ2v) is 6.46. The van der Waals surface area contributed by atoms with Crippen molar-refractivity contribution in [1.29, 1.82) is 0 Å². The van der Waals surface area contributed by atoms with E-state index >= 15 is 0 Å². The zero-order valence-electron chi connectivity index (χ0n) is 10.1. The number of benzene rings is 1. The third kappa shape index (κ3) is 2.46. The van der Waals surface area contributed by atoms with Crippen molar-refractivity contribution in [2.45, 2.75) is 20.0 Å². The summed E-state index contributed by atoms with van der Waals surface area (Å²) in [4.78, 5) is 5.63. The second kappa shape index (κ2) is 5.18. The molecule has 0 unspecified atom stereocenters. The molecule has 4 heteroatoms. The molecule has 1 N–H and O–H groups in total. The highest BCUT2D eigenvalue weighted by Crippen LogP contribution is 2.25. The minimum absolute atomic E-state index is 0.850. The Morgan fingerprint density at radius 3 is 2.94 bits per heavy atom. The average Bonchev–Trinajstić information content (AvgIpc) is 2.97. The van der Waals surface area contributed by atoms with Gasteiger partial charge in [-0.25, -0.2) is 4.98 Å². The van der Waals surface area contributed by atoms with Gasteiger partial charge in [0, 0.05) is 28.9 Å². The van der Waals surface area contributed by atoms with E-state index in [1.54, 1.807) is 11.3 Å². The fourth-order valence-corrected chi connectivity index (χ4v) is 3.68. The molecule has 0 aliphatic heterocycles. The summed E-state index contributed by atoms with van der Waals surface area (Å²) in [5, 5.41) is 8.23. The quantitative estimate of drug-likeness (QED) is 0.779. The Kier molecular flexibility index (Phi) is 3.41. The zero-order chi connectivity index (χ0) is 12.4. The van der Waals surface area contributed by atoms with Crippen LogP contribution < -0.4 is 5.32 Å². The summed E-state index contributed by atoms with van der Waals surface area (Å²) < 4.78 is 1.36. The lowest BCUT2D eigenvalue weighted by Gasteiger charge is -2.01. The van der Waals surface area contributed by atoms with Crippen molar-refractivity contribution >= 4 is 32.8 Å². The number of nitrogens with one attached hydrogen (secondary N) is 1. The maximum absolute atomic E-state index is 4.36. The fourth-order valence-electron chi connectivity index (χ4n) is 1.96. The Morgan fingerprint density at radius 1 is 1.22 bits per heavy atom. The molecule has 18 heavy (non-hydrogen) atoms. The minimum Gasteiger partial charge on any atom is -0.306 e. The van der Waals surface area contributed by atoms with Gasteiger partial charge in [0.05, 0.1) is 0 Å². The Labute approximate surface area is 114 Å². The van der Waals surface area contributed by atoms with Gasteiger partial charge in [-0.15, -0.1) is 22.7 Å². The highest BCUT2D eigenvalue weighted by Gasteiger charge is 2.03. The van der Waals surface area contributed by atoms with Crippen LogP contribution >= 0.6 is 22.7 Å². The van der Waals surface area contributed by atoms with Gasteiger partial charge in [-0.2, -0.15) is 0 Å². The van der Waals surface area contributed by atoms with Crippen LogP contribution in [0.15, 0.2) is 35.8 Å². The van der Waals surface area contributed by atoms with Crippen LogP contribution in [0.4, 0.5) is 0 Å². The summed E-state index contributed by atoms with van der Waals surface area (Å²) in [6.07, 6.45) is 1.93. The van der Waals surface area contributed by atoms with Crippen molar-refractivity contribution in [3.63, 3.8) is 0 Å². The summed E-state index contributed by atoms with van der Waals surface area (Å²) in [6, 6.07) is 8.56. The fraction of sp³-hybridized carbons (Fsp3) is 0.214. The standard InChI is InChI=1S/C14H14N2S2/c1-10-6-16-14(18-10)8-15-7-11-9-17-13-5-3-2-4-12(11)13/h2-6,9,15H,7-8H2,1H3. The van der Waals surface area contributed by atoms with Gasteiger partial charge in [-0.05, 0) is 29.3 Å². The molecule has 2 aromatic heterocycles.